The molecule has 0 atom stereocenters. The maximum atomic E-state index is 12.2. The zero-order chi connectivity index (χ0) is 14.5. The number of aromatic nitrogens is 3. The molecule has 0 fully saturated rings. The van der Waals surface area contributed by atoms with Crippen molar-refractivity contribution in [2.75, 3.05) is 7.05 Å². The van der Waals surface area contributed by atoms with Crippen molar-refractivity contribution in [3.63, 3.8) is 0 Å². The van der Waals surface area contributed by atoms with Crippen LogP contribution in [-0.4, -0.2) is 32.6 Å². The number of aryl methyl sites for hydroxylation is 1. The molecule has 108 valence electrons. The molecule has 0 aliphatic rings. The summed E-state index contributed by atoms with van der Waals surface area (Å²) in [6.45, 7) is 2.70. The van der Waals surface area contributed by atoms with E-state index in [1.54, 1.807) is 28.8 Å². The van der Waals surface area contributed by atoms with Crippen molar-refractivity contribution in [2.24, 2.45) is 0 Å². The van der Waals surface area contributed by atoms with Gasteiger partial charge in [0.15, 0.2) is 4.77 Å². The first-order valence-corrected chi connectivity index (χ1v) is 6.93. The minimum Gasteiger partial charge on any atom is -0.467 e. The predicted molar refractivity (Wildman–Crippen MR) is 76.6 cm³/mol. The van der Waals surface area contributed by atoms with Crippen LogP contribution in [0.25, 0.3) is 0 Å². The molecule has 7 heteroatoms. The molecule has 2 aromatic rings. The van der Waals surface area contributed by atoms with E-state index in [-0.39, 0.29) is 12.5 Å². The van der Waals surface area contributed by atoms with Gasteiger partial charge in [0.05, 0.1) is 12.8 Å². The van der Waals surface area contributed by atoms with Gasteiger partial charge in [-0.05, 0) is 30.8 Å². The highest BCUT2D eigenvalue weighted by atomic mass is 32.1. The number of amides is 1. The number of nitrogens with zero attached hydrogens (tertiary/aromatic N) is 3. The molecular formula is C13H18N4O2S. The lowest BCUT2D eigenvalue weighted by Gasteiger charge is -2.16. The van der Waals surface area contributed by atoms with Gasteiger partial charge in [0.2, 0.25) is 5.91 Å². The largest absolute Gasteiger partial charge is 0.467 e. The zero-order valence-corrected chi connectivity index (χ0v) is 12.4. The lowest BCUT2D eigenvalue weighted by atomic mass is 10.3. The number of nitrogens with one attached hydrogen (secondary N) is 1. The summed E-state index contributed by atoms with van der Waals surface area (Å²) in [7, 11) is 1.74. The molecule has 1 amide bonds. The molecule has 2 aromatic heterocycles. The lowest BCUT2D eigenvalue weighted by molar-refractivity contribution is -0.131. The molecule has 2 heterocycles. The highest BCUT2D eigenvalue weighted by molar-refractivity contribution is 7.71. The van der Waals surface area contributed by atoms with Crippen LogP contribution in [0.3, 0.4) is 0 Å². The summed E-state index contributed by atoms with van der Waals surface area (Å²) in [5, 5.41) is 6.89. The van der Waals surface area contributed by atoms with Crippen molar-refractivity contribution >= 4 is 18.1 Å². The van der Waals surface area contributed by atoms with Crippen molar-refractivity contribution in [1.29, 1.82) is 0 Å². The van der Waals surface area contributed by atoms with Crippen molar-refractivity contribution in [3.8, 4) is 0 Å². The van der Waals surface area contributed by atoms with Gasteiger partial charge in [0.1, 0.15) is 18.1 Å². The van der Waals surface area contributed by atoms with Crippen LogP contribution in [0, 0.1) is 4.77 Å². The van der Waals surface area contributed by atoms with Gasteiger partial charge >= 0.3 is 0 Å². The molecule has 0 aliphatic heterocycles. The number of likely N-dealkylation sites (N-methyl/N-ethyl adjacent to an activating group) is 1. The molecule has 1 N–H and O–H groups in total. The summed E-state index contributed by atoms with van der Waals surface area (Å²) < 4.78 is 7.47. The Morgan fingerprint density at radius 2 is 2.40 bits per heavy atom. The summed E-state index contributed by atoms with van der Waals surface area (Å²) in [5.41, 5.74) is 0. The third-order valence-electron chi connectivity index (χ3n) is 3.00. The average molecular weight is 294 g/mol. The molecule has 0 aromatic carbocycles. The number of rotatable bonds is 6. The molecule has 0 saturated carbocycles. The summed E-state index contributed by atoms with van der Waals surface area (Å²) >= 11 is 5.16. The molecule has 0 unspecified atom stereocenters. The second-order valence-electron chi connectivity index (χ2n) is 4.61. The molecule has 0 aliphatic carbocycles. The van der Waals surface area contributed by atoms with Gasteiger partial charge in [0.25, 0.3) is 0 Å². The van der Waals surface area contributed by atoms with Gasteiger partial charge < -0.3 is 9.32 Å². The number of H-pyrrole nitrogens is 1. The van der Waals surface area contributed by atoms with E-state index >= 15 is 0 Å². The van der Waals surface area contributed by atoms with E-state index in [9.17, 15) is 4.79 Å². The Bertz CT molecular complexity index is 615. The molecule has 0 spiro atoms. The smallest absolute Gasteiger partial charge is 0.242 e. The maximum absolute atomic E-state index is 12.2. The number of hydrogen-bond donors (Lipinski definition) is 1. The first kappa shape index (κ1) is 14.5. The van der Waals surface area contributed by atoms with Crippen LogP contribution in [0.5, 0.6) is 0 Å². The molecular weight excluding hydrogens is 276 g/mol. The minimum atomic E-state index is -0.0312. The fourth-order valence-corrected chi connectivity index (χ4v) is 2.12. The fourth-order valence-electron chi connectivity index (χ4n) is 1.91. The standard InChI is InChI=1S/C13H18N4O2S/c1-3-5-11-14-15-13(20)17(11)9-12(18)16(2)8-10-6-4-7-19-10/h4,6-7H,3,5,8-9H2,1-2H3,(H,15,20). The van der Waals surface area contributed by atoms with Crippen LogP contribution in [0.2, 0.25) is 0 Å². The number of hydrogen-bond acceptors (Lipinski definition) is 4. The Morgan fingerprint density at radius 1 is 1.60 bits per heavy atom. The van der Waals surface area contributed by atoms with Crippen LogP contribution < -0.4 is 0 Å². The first-order valence-electron chi connectivity index (χ1n) is 6.52. The molecule has 2 rings (SSSR count). The minimum absolute atomic E-state index is 0.0312. The topological polar surface area (TPSA) is 67.1 Å². The third kappa shape index (κ3) is 3.36. The Labute approximate surface area is 122 Å². The van der Waals surface area contributed by atoms with E-state index < -0.39 is 0 Å². The van der Waals surface area contributed by atoms with Crippen LogP contribution in [-0.2, 0) is 24.3 Å². The highest BCUT2D eigenvalue weighted by Crippen LogP contribution is 2.06. The van der Waals surface area contributed by atoms with Crippen LogP contribution in [0.1, 0.15) is 24.9 Å². The van der Waals surface area contributed by atoms with Gasteiger partial charge in [-0.15, -0.1) is 0 Å². The molecule has 6 nitrogen and oxygen atoms in total. The van der Waals surface area contributed by atoms with Gasteiger partial charge in [-0.2, -0.15) is 5.10 Å². The Balaban J connectivity index is 2.04. The lowest BCUT2D eigenvalue weighted by Crippen LogP contribution is -2.30. The van der Waals surface area contributed by atoms with Crippen molar-refractivity contribution in [3.05, 3.63) is 34.8 Å². The quantitative estimate of drug-likeness (QED) is 0.829. The van der Waals surface area contributed by atoms with Crippen LogP contribution >= 0.6 is 12.2 Å². The highest BCUT2D eigenvalue weighted by Gasteiger charge is 2.14. The van der Waals surface area contributed by atoms with Gasteiger partial charge in [-0.25, -0.2) is 0 Å². The maximum Gasteiger partial charge on any atom is 0.242 e. The van der Waals surface area contributed by atoms with E-state index in [2.05, 4.69) is 17.1 Å². The Morgan fingerprint density at radius 3 is 3.05 bits per heavy atom. The van der Waals surface area contributed by atoms with Crippen molar-refractivity contribution in [2.45, 2.75) is 32.9 Å². The first-order chi connectivity index (χ1) is 9.61. The molecule has 0 radical (unpaired) electrons. The summed E-state index contributed by atoms with van der Waals surface area (Å²) in [6, 6.07) is 3.65. The van der Waals surface area contributed by atoms with Gasteiger partial charge in [-0.3, -0.25) is 14.5 Å². The molecule has 0 bridgehead atoms. The SMILES string of the molecule is CCCc1n[nH]c(=S)n1CC(=O)N(C)Cc1ccco1. The Kier molecular flexibility index (Phi) is 4.73. The number of furan rings is 1. The van der Waals surface area contributed by atoms with Gasteiger partial charge in [-0.1, -0.05) is 6.92 Å². The number of carbonyl (C=O) groups excluding carboxylic acids is 1. The number of carbonyl (C=O) groups is 1. The van der Waals surface area contributed by atoms with Crippen LogP contribution in [0.15, 0.2) is 22.8 Å². The third-order valence-corrected chi connectivity index (χ3v) is 3.31. The second-order valence-corrected chi connectivity index (χ2v) is 5.00. The van der Waals surface area contributed by atoms with Crippen molar-refractivity contribution in [1.82, 2.24) is 19.7 Å². The van der Waals surface area contributed by atoms with Gasteiger partial charge in [0, 0.05) is 13.5 Å². The summed E-state index contributed by atoms with van der Waals surface area (Å²) in [5.74, 6) is 1.54. The average Bonchev–Trinajstić information content (AvgIpc) is 3.03. The second kappa shape index (κ2) is 6.51. The van der Waals surface area contributed by atoms with Crippen LogP contribution in [0.4, 0.5) is 0 Å². The monoisotopic (exact) mass is 294 g/mol. The van der Waals surface area contributed by atoms with Crippen molar-refractivity contribution < 1.29 is 9.21 Å². The van der Waals surface area contributed by atoms with E-state index in [4.69, 9.17) is 16.6 Å². The normalized spacial score (nSPS) is 10.7. The predicted octanol–water partition coefficient (Wildman–Crippen LogP) is 2.14. The fraction of sp³-hybridized carbons (Fsp3) is 0.462. The number of aromatic amines is 1. The Hall–Kier alpha value is -1.89. The van der Waals surface area contributed by atoms with E-state index in [0.29, 0.717) is 11.3 Å². The zero-order valence-electron chi connectivity index (χ0n) is 11.6. The van der Waals surface area contributed by atoms with E-state index in [0.717, 1.165) is 24.4 Å². The molecule has 0 saturated heterocycles. The van der Waals surface area contributed by atoms with E-state index in [1.807, 2.05) is 6.07 Å². The van der Waals surface area contributed by atoms with E-state index in [1.165, 1.54) is 0 Å². The summed E-state index contributed by atoms with van der Waals surface area (Å²) in [6.07, 6.45) is 3.34. The summed E-state index contributed by atoms with van der Waals surface area (Å²) in [4.78, 5) is 13.8. The molecule has 20 heavy (non-hydrogen) atoms.